The summed E-state index contributed by atoms with van der Waals surface area (Å²) >= 11 is 0. The lowest BCUT2D eigenvalue weighted by atomic mass is 9.96. The topological polar surface area (TPSA) is 83.0 Å². The van der Waals surface area contributed by atoms with Crippen molar-refractivity contribution < 1.29 is 0 Å². The fraction of sp³-hybridized carbons (Fsp3) is 0.400. The van der Waals surface area contributed by atoms with Gasteiger partial charge in [0.25, 0.3) is 5.56 Å². The average molecular weight is 219 g/mol. The van der Waals surface area contributed by atoms with Crippen LogP contribution in [0.5, 0.6) is 0 Å². The summed E-state index contributed by atoms with van der Waals surface area (Å²) in [4.78, 5) is 13.4. The Labute approximate surface area is 92.5 Å². The van der Waals surface area contributed by atoms with Crippen molar-refractivity contribution in [2.24, 2.45) is 11.0 Å². The van der Waals surface area contributed by atoms with E-state index in [0.717, 1.165) is 25.5 Å². The van der Waals surface area contributed by atoms with Gasteiger partial charge in [-0.1, -0.05) is 12.2 Å². The summed E-state index contributed by atoms with van der Waals surface area (Å²) in [5.74, 6) is 0.719. The summed E-state index contributed by atoms with van der Waals surface area (Å²) in [6, 6.07) is 0. The van der Waals surface area contributed by atoms with Crippen molar-refractivity contribution in [1.29, 1.82) is 0 Å². The smallest absolute Gasteiger partial charge is 0.271 e. The van der Waals surface area contributed by atoms with E-state index < -0.39 is 0 Å². The zero-order chi connectivity index (χ0) is 11.2. The number of nitrogens with one attached hydrogen (secondary N) is 2. The molecule has 16 heavy (non-hydrogen) atoms. The van der Waals surface area contributed by atoms with E-state index in [9.17, 15) is 4.79 Å². The molecule has 1 heterocycles. The van der Waals surface area contributed by atoms with Crippen molar-refractivity contribution >= 4 is 12.2 Å². The van der Waals surface area contributed by atoms with Gasteiger partial charge in [0.15, 0.2) is 0 Å². The van der Waals surface area contributed by atoms with Gasteiger partial charge >= 0.3 is 0 Å². The summed E-state index contributed by atoms with van der Waals surface area (Å²) < 4.78 is 0. The van der Waals surface area contributed by atoms with E-state index >= 15 is 0 Å². The van der Waals surface area contributed by atoms with Crippen LogP contribution in [0.15, 0.2) is 28.2 Å². The van der Waals surface area contributed by atoms with Crippen molar-refractivity contribution in [2.75, 3.05) is 5.43 Å². The van der Waals surface area contributed by atoms with Gasteiger partial charge in [-0.3, -0.25) is 9.78 Å². The Bertz CT molecular complexity index is 451. The first-order chi connectivity index (χ1) is 7.84. The SMILES string of the molecule is O=c1cnnc(N/N=C\[C@@H]2CC=CCC2)[nH]1. The van der Waals surface area contributed by atoms with Crippen LogP contribution < -0.4 is 11.0 Å². The Morgan fingerprint density at radius 1 is 1.56 bits per heavy atom. The van der Waals surface area contributed by atoms with E-state index in [4.69, 9.17) is 0 Å². The molecule has 0 unspecified atom stereocenters. The molecule has 0 spiro atoms. The molecule has 1 aliphatic rings. The van der Waals surface area contributed by atoms with Crippen LogP contribution in [-0.2, 0) is 0 Å². The fourth-order valence-corrected chi connectivity index (χ4v) is 1.52. The number of nitrogens with zero attached hydrogens (tertiary/aromatic N) is 3. The van der Waals surface area contributed by atoms with Crippen LogP contribution in [0.3, 0.4) is 0 Å². The maximum absolute atomic E-state index is 10.9. The van der Waals surface area contributed by atoms with Crippen molar-refractivity contribution in [3.05, 3.63) is 28.7 Å². The maximum atomic E-state index is 10.9. The highest BCUT2D eigenvalue weighted by atomic mass is 16.1. The summed E-state index contributed by atoms with van der Waals surface area (Å²) in [7, 11) is 0. The lowest BCUT2D eigenvalue weighted by Crippen LogP contribution is -2.11. The number of hydrazone groups is 1. The van der Waals surface area contributed by atoms with Crippen LogP contribution in [-0.4, -0.2) is 21.4 Å². The minimum Gasteiger partial charge on any atom is -0.289 e. The number of aromatic nitrogens is 3. The molecule has 0 radical (unpaired) electrons. The molecule has 0 bridgehead atoms. The third-order valence-electron chi connectivity index (χ3n) is 2.34. The average Bonchev–Trinajstić information content (AvgIpc) is 2.30. The minimum absolute atomic E-state index is 0.259. The third-order valence-corrected chi connectivity index (χ3v) is 2.34. The van der Waals surface area contributed by atoms with Gasteiger partial charge in [-0.2, -0.15) is 5.10 Å². The van der Waals surface area contributed by atoms with Crippen molar-refractivity contribution in [3.8, 4) is 0 Å². The van der Waals surface area contributed by atoms with E-state index in [1.807, 2.05) is 6.21 Å². The van der Waals surface area contributed by atoms with Gasteiger partial charge in [0.05, 0.1) is 0 Å². The van der Waals surface area contributed by atoms with E-state index in [0.29, 0.717) is 5.92 Å². The molecule has 2 N–H and O–H groups in total. The second kappa shape index (κ2) is 5.20. The Hall–Kier alpha value is -1.98. The quantitative estimate of drug-likeness (QED) is 0.450. The molecule has 1 atom stereocenters. The first-order valence-electron chi connectivity index (χ1n) is 5.21. The summed E-state index contributed by atoms with van der Waals surface area (Å²) in [6.45, 7) is 0. The number of anilines is 1. The molecule has 6 heteroatoms. The molecule has 0 aromatic carbocycles. The zero-order valence-corrected chi connectivity index (χ0v) is 8.76. The minimum atomic E-state index is -0.298. The molecular weight excluding hydrogens is 206 g/mol. The second-order valence-electron chi connectivity index (χ2n) is 3.62. The van der Waals surface area contributed by atoms with Gasteiger partial charge in [0, 0.05) is 6.21 Å². The van der Waals surface area contributed by atoms with Crippen molar-refractivity contribution in [2.45, 2.75) is 19.3 Å². The highest BCUT2D eigenvalue weighted by Gasteiger charge is 2.06. The molecule has 0 amide bonds. The lowest BCUT2D eigenvalue weighted by molar-refractivity contribution is 0.627. The Kier molecular flexibility index (Phi) is 3.42. The van der Waals surface area contributed by atoms with Crippen LogP contribution in [0.2, 0.25) is 0 Å². The first-order valence-corrected chi connectivity index (χ1v) is 5.21. The van der Waals surface area contributed by atoms with Crippen LogP contribution >= 0.6 is 0 Å². The van der Waals surface area contributed by atoms with Crippen molar-refractivity contribution in [1.82, 2.24) is 15.2 Å². The largest absolute Gasteiger partial charge is 0.289 e. The highest BCUT2D eigenvalue weighted by molar-refractivity contribution is 5.62. The predicted octanol–water partition coefficient (Wildman–Crippen LogP) is 0.919. The second-order valence-corrected chi connectivity index (χ2v) is 3.62. The molecule has 84 valence electrons. The molecule has 1 aromatic rings. The molecule has 1 aromatic heterocycles. The normalized spacial score (nSPS) is 20.1. The summed E-state index contributed by atoms with van der Waals surface area (Å²) in [5, 5.41) is 11.2. The number of hydrogen-bond acceptors (Lipinski definition) is 5. The number of aromatic amines is 1. The van der Waals surface area contributed by atoms with E-state index in [-0.39, 0.29) is 11.5 Å². The zero-order valence-electron chi connectivity index (χ0n) is 8.76. The molecule has 0 aliphatic heterocycles. The monoisotopic (exact) mass is 219 g/mol. The molecular formula is C10H13N5O. The van der Waals surface area contributed by atoms with Gasteiger partial charge in [0.1, 0.15) is 6.20 Å². The molecule has 0 fully saturated rings. The van der Waals surface area contributed by atoms with Gasteiger partial charge in [-0.05, 0) is 25.2 Å². The van der Waals surface area contributed by atoms with Crippen LogP contribution in [0, 0.1) is 5.92 Å². The molecule has 0 saturated heterocycles. The predicted molar refractivity (Wildman–Crippen MR) is 61.2 cm³/mol. The van der Waals surface area contributed by atoms with Crippen molar-refractivity contribution in [3.63, 3.8) is 0 Å². The summed E-state index contributed by atoms with van der Waals surface area (Å²) in [5.41, 5.74) is 2.35. The standard InChI is InChI=1S/C10H13N5O/c16-9-7-12-15-10(13-9)14-11-6-8-4-2-1-3-5-8/h1-2,6-8H,3-5H2,(H2,13,14,15,16)/b11-6-/t8-/m1/s1. The highest BCUT2D eigenvalue weighted by Crippen LogP contribution is 2.15. The van der Waals surface area contributed by atoms with E-state index in [2.05, 4.69) is 37.9 Å². The number of allylic oxidation sites excluding steroid dienone is 2. The molecule has 2 rings (SSSR count). The maximum Gasteiger partial charge on any atom is 0.271 e. The van der Waals surface area contributed by atoms with Crippen LogP contribution in [0.25, 0.3) is 0 Å². The van der Waals surface area contributed by atoms with Gasteiger partial charge in [-0.15, -0.1) is 10.2 Å². The lowest BCUT2D eigenvalue weighted by Gasteiger charge is -2.11. The first kappa shape index (κ1) is 10.5. The number of hydrogen-bond donors (Lipinski definition) is 2. The Balaban J connectivity index is 1.89. The Morgan fingerprint density at radius 2 is 2.50 bits per heavy atom. The molecule has 1 aliphatic carbocycles. The van der Waals surface area contributed by atoms with Gasteiger partial charge in [-0.25, -0.2) is 5.43 Å². The van der Waals surface area contributed by atoms with E-state index in [1.165, 1.54) is 0 Å². The fourth-order valence-electron chi connectivity index (χ4n) is 1.52. The summed E-state index contributed by atoms with van der Waals surface area (Å²) in [6.07, 6.45) is 10.5. The Morgan fingerprint density at radius 3 is 3.25 bits per heavy atom. The van der Waals surface area contributed by atoms with E-state index in [1.54, 1.807) is 0 Å². The number of rotatable bonds is 3. The van der Waals surface area contributed by atoms with Crippen LogP contribution in [0.1, 0.15) is 19.3 Å². The number of H-pyrrole nitrogens is 1. The van der Waals surface area contributed by atoms with Gasteiger partial charge < -0.3 is 0 Å². The van der Waals surface area contributed by atoms with Crippen LogP contribution in [0.4, 0.5) is 5.95 Å². The molecule has 6 nitrogen and oxygen atoms in total. The molecule has 0 saturated carbocycles. The third kappa shape index (κ3) is 3.01. The van der Waals surface area contributed by atoms with Gasteiger partial charge in [0.2, 0.25) is 5.95 Å².